The zero-order valence-corrected chi connectivity index (χ0v) is 13.6. The first kappa shape index (κ1) is 14.9. The number of H-pyrrole nitrogens is 1. The highest BCUT2D eigenvalue weighted by atomic mass is 16.2. The topological polar surface area (TPSA) is 49.0 Å². The van der Waals surface area contributed by atoms with Crippen LogP contribution in [-0.4, -0.2) is 26.8 Å². The van der Waals surface area contributed by atoms with Crippen molar-refractivity contribution in [2.45, 2.75) is 38.3 Å². The van der Waals surface area contributed by atoms with Gasteiger partial charge in [-0.1, -0.05) is 18.2 Å². The molecule has 1 saturated carbocycles. The van der Waals surface area contributed by atoms with Crippen molar-refractivity contribution in [1.82, 2.24) is 14.9 Å². The maximum atomic E-state index is 12.8. The number of rotatable bonds is 6. The van der Waals surface area contributed by atoms with Crippen LogP contribution in [0, 0.1) is 0 Å². The van der Waals surface area contributed by atoms with Gasteiger partial charge >= 0.3 is 0 Å². The fourth-order valence-corrected chi connectivity index (χ4v) is 3.22. The number of carbonyl (C=O) groups is 1. The van der Waals surface area contributed by atoms with E-state index in [-0.39, 0.29) is 5.91 Å². The van der Waals surface area contributed by atoms with Crippen molar-refractivity contribution in [1.29, 1.82) is 0 Å². The Morgan fingerprint density at radius 3 is 2.75 bits per heavy atom. The van der Waals surface area contributed by atoms with Crippen LogP contribution >= 0.6 is 0 Å². The highest BCUT2D eigenvalue weighted by Crippen LogP contribution is 2.29. The van der Waals surface area contributed by atoms with Gasteiger partial charge in [0.05, 0.1) is 0 Å². The van der Waals surface area contributed by atoms with Gasteiger partial charge in [-0.3, -0.25) is 9.78 Å². The highest BCUT2D eigenvalue weighted by Gasteiger charge is 2.32. The minimum atomic E-state index is 0.250. The van der Waals surface area contributed by atoms with Crippen LogP contribution < -0.4 is 0 Å². The van der Waals surface area contributed by atoms with Crippen LogP contribution in [-0.2, 0) is 17.8 Å². The number of pyridine rings is 1. The molecule has 1 aliphatic carbocycles. The molecule has 2 aromatic heterocycles. The van der Waals surface area contributed by atoms with E-state index in [2.05, 4.69) is 22.1 Å². The normalized spacial score (nSPS) is 14.0. The Hall–Kier alpha value is -2.62. The van der Waals surface area contributed by atoms with Crippen LogP contribution in [0.4, 0.5) is 0 Å². The molecule has 0 radical (unpaired) electrons. The number of amides is 1. The number of benzene rings is 1. The Labute approximate surface area is 141 Å². The molecule has 0 bridgehead atoms. The average molecular weight is 319 g/mol. The molecule has 4 heteroatoms. The third kappa shape index (κ3) is 3.18. The van der Waals surface area contributed by atoms with Crippen molar-refractivity contribution in [3.05, 3.63) is 66.1 Å². The number of nitrogens with zero attached hydrogens (tertiary/aromatic N) is 2. The number of hydrogen-bond acceptors (Lipinski definition) is 2. The van der Waals surface area contributed by atoms with Crippen LogP contribution in [0.15, 0.2) is 55.0 Å². The fourth-order valence-electron chi connectivity index (χ4n) is 3.22. The first-order valence-corrected chi connectivity index (χ1v) is 8.54. The summed E-state index contributed by atoms with van der Waals surface area (Å²) in [7, 11) is 0. The van der Waals surface area contributed by atoms with Gasteiger partial charge in [-0.15, -0.1) is 0 Å². The maximum absolute atomic E-state index is 12.8. The molecule has 1 aliphatic rings. The average Bonchev–Trinajstić information content (AvgIpc) is 3.38. The Kier molecular flexibility index (Phi) is 4.03. The van der Waals surface area contributed by atoms with E-state index >= 15 is 0 Å². The summed E-state index contributed by atoms with van der Waals surface area (Å²) in [6.07, 6.45) is 9.20. The molecule has 24 heavy (non-hydrogen) atoms. The second-order valence-corrected chi connectivity index (χ2v) is 6.47. The Morgan fingerprint density at radius 2 is 1.96 bits per heavy atom. The summed E-state index contributed by atoms with van der Waals surface area (Å²) in [5, 5.41) is 1.22. The Balaban J connectivity index is 1.44. The third-order valence-corrected chi connectivity index (χ3v) is 4.69. The lowest BCUT2D eigenvalue weighted by atomic mass is 10.1. The molecule has 2 heterocycles. The smallest absolute Gasteiger partial charge is 0.223 e. The zero-order chi connectivity index (χ0) is 16.4. The van der Waals surface area contributed by atoms with E-state index in [1.54, 1.807) is 12.4 Å². The molecular weight excluding hydrogens is 298 g/mol. The lowest BCUT2D eigenvalue weighted by Crippen LogP contribution is -2.32. The minimum Gasteiger partial charge on any atom is -0.361 e. The summed E-state index contributed by atoms with van der Waals surface area (Å²) in [6.45, 7) is 0.694. The van der Waals surface area contributed by atoms with Gasteiger partial charge in [-0.25, -0.2) is 0 Å². The number of fused-ring (bicyclic) bond motifs is 1. The van der Waals surface area contributed by atoms with Crippen molar-refractivity contribution in [3.63, 3.8) is 0 Å². The number of nitrogens with one attached hydrogen (secondary N) is 1. The standard InChI is InChI=1S/C20H21N3O/c24-20(8-5-16-13-22-19-4-2-1-3-18(16)19)23(17-6-7-17)14-15-9-11-21-12-10-15/h1-4,9-13,17,22H,5-8,14H2. The summed E-state index contributed by atoms with van der Waals surface area (Å²) in [6, 6.07) is 12.7. The molecule has 0 aliphatic heterocycles. The second-order valence-electron chi connectivity index (χ2n) is 6.47. The predicted molar refractivity (Wildman–Crippen MR) is 94.4 cm³/mol. The summed E-state index contributed by atoms with van der Waals surface area (Å²) in [4.78, 5) is 22.1. The van der Waals surface area contributed by atoms with Gasteiger partial charge in [0.15, 0.2) is 0 Å². The Morgan fingerprint density at radius 1 is 1.17 bits per heavy atom. The summed E-state index contributed by atoms with van der Waals surface area (Å²) in [5.74, 6) is 0.250. The first-order valence-electron chi connectivity index (χ1n) is 8.54. The second kappa shape index (κ2) is 6.48. The third-order valence-electron chi connectivity index (χ3n) is 4.69. The van der Waals surface area contributed by atoms with Crippen LogP contribution in [0.25, 0.3) is 10.9 Å². The molecule has 4 rings (SSSR count). The van der Waals surface area contributed by atoms with Gasteiger partial charge in [0.2, 0.25) is 5.91 Å². The van der Waals surface area contributed by atoms with Crippen LogP contribution in [0.5, 0.6) is 0 Å². The van der Waals surface area contributed by atoms with Crippen molar-refractivity contribution in [2.24, 2.45) is 0 Å². The number of aromatic amines is 1. The lowest BCUT2D eigenvalue weighted by molar-refractivity contribution is -0.132. The summed E-state index contributed by atoms with van der Waals surface area (Å²) < 4.78 is 0. The summed E-state index contributed by atoms with van der Waals surface area (Å²) in [5.41, 5.74) is 3.51. The molecule has 4 nitrogen and oxygen atoms in total. The highest BCUT2D eigenvalue weighted by molar-refractivity contribution is 5.84. The monoisotopic (exact) mass is 319 g/mol. The number of carbonyl (C=O) groups excluding carboxylic acids is 1. The van der Waals surface area contributed by atoms with Crippen molar-refractivity contribution in [3.8, 4) is 0 Å². The van der Waals surface area contributed by atoms with Gasteiger partial charge in [-0.2, -0.15) is 0 Å². The molecule has 0 saturated heterocycles. The number of para-hydroxylation sites is 1. The Bertz CT molecular complexity index is 836. The van der Waals surface area contributed by atoms with Crippen LogP contribution in [0.1, 0.15) is 30.4 Å². The van der Waals surface area contributed by atoms with E-state index in [0.29, 0.717) is 19.0 Å². The number of aryl methyl sites for hydroxylation is 1. The van der Waals surface area contributed by atoms with Crippen LogP contribution in [0.2, 0.25) is 0 Å². The quantitative estimate of drug-likeness (QED) is 0.753. The number of hydrogen-bond donors (Lipinski definition) is 1. The van der Waals surface area contributed by atoms with Gasteiger partial charge in [0, 0.05) is 48.5 Å². The van der Waals surface area contributed by atoms with E-state index < -0.39 is 0 Å². The van der Waals surface area contributed by atoms with Gasteiger partial charge < -0.3 is 9.88 Å². The summed E-state index contributed by atoms with van der Waals surface area (Å²) >= 11 is 0. The molecule has 0 atom stereocenters. The molecular formula is C20H21N3O. The molecule has 1 N–H and O–H groups in total. The molecule has 3 aromatic rings. The van der Waals surface area contributed by atoms with Gasteiger partial charge in [0.25, 0.3) is 0 Å². The van der Waals surface area contributed by atoms with E-state index in [1.165, 1.54) is 10.9 Å². The molecule has 122 valence electrons. The molecule has 1 amide bonds. The zero-order valence-electron chi connectivity index (χ0n) is 13.6. The van der Waals surface area contributed by atoms with E-state index in [0.717, 1.165) is 30.3 Å². The maximum Gasteiger partial charge on any atom is 0.223 e. The predicted octanol–water partition coefficient (Wildman–Crippen LogP) is 3.69. The lowest BCUT2D eigenvalue weighted by Gasteiger charge is -2.22. The van der Waals surface area contributed by atoms with Gasteiger partial charge in [0.1, 0.15) is 0 Å². The van der Waals surface area contributed by atoms with Crippen LogP contribution in [0.3, 0.4) is 0 Å². The molecule has 0 unspecified atom stereocenters. The van der Waals surface area contributed by atoms with E-state index in [1.807, 2.05) is 35.4 Å². The van der Waals surface area contributed by atoms with Gasteiger partial charge in [-0.05, 0) is 48.6 Å². The number of aromatic nitrogens is 2. The fraction of sp³-hybridized carbons (Fsp3) is 0.300. The van der Waals surface area contributed by atoms with Crippen molar-refractivity contribution < 1.29 is 4.79 Å². The van der Waals surface area contributed by atoms with Crippen molar-refractivity contribution >= 4 is 16.8 Å². The largest absolute Gasteiger partial charge is 0.361 e. The minimum absolute atomic E-state index is 0.250. The SMILES string of the molecule is O=C(CCc1c[nH]c2ccccc12)N(Cc1ccncc1)C1CC1. The van der Waals surface area contributed by atoms with E-state index in [4.69, 9.17) is 0 Å². The van der Waals surface area contributed by atoms with E-state index in [9.17, 15) is 4.79 Å². The molecule has 1 fully saturated rings. The molecule has 1 aromatic carbocycles. The molecule has 0 spiro atoms. The first-order chi connectivity index (χ1) is 11.8. The van der Waals surface area contributed by atoms with Crippen molar-refractivity contribution in [2.75, 3.05) is 0 Å².